The average Bonchev–Trinajstić information content (AvgIpc) is 3.14. The predicted molar refractivity (Wildman–Crippen MR) is 79.6 cm³/mol. The third kappa shape index (κ3) is 4.30. The van der Waals surface area contributed by atoms with E-state index < -0.39 is 0 Å². The van der Waals surface area contributed by atoms with Crippen molar-refractivity contribution in [3.8, 4) is 0 Å². The van der Waals surface area contributed by atoms with Crippen LogP contribution in [-0.4, -0.2) is 24.2 Å². The largest absolute Gasteiger partial charge is 0.353 e. The van der Waals surface area contributed by atoms with E-state index in [0.717, 1.165) is 22.9 Å². The zero-order chi connectivity index (χ0) is 13.0. The second kappa shape index (κ2) is 6.59. The molecule has 2 rings (SSSR count). The Morgan fingerprint density at radius 3 is 2.94 bits per heavy atom. The van der Waals surface area contributed by atoms with Crippen molar-refractivity contribution in [2.24, 2.45) is 5.73 Å². The Bertz CT molecular complexity index is 423. The molecule has 1 aromatic carbocycles. The number of amides is 1. The molecule has 1 aliphatic carbocycles. The Morgan fingerprint density at radius 2 is 2.33 bits per heavy atom. The Labute approximate surface area is 120 Å². The Balaban J connectivity index is 1.86. The summed E-state index contributed by atoms with van der Waals surface area (Å²) in [5.74, 6) is 0.598. The fourth-order valence-electron chi connectivity index (χ4n) is 1.68. The maximum atomic E-state index is 11.6. The molecule has 5 heteroatoms. The van der Waals surface area contributed by atoms with Gasteiger partial charge in [0.25, 0.3) is 0 Å². The summed E-state index contributed by atoms with van der Waals surface area (Å²) >= 11 is 5.05. The van der Waals surface area contributed by atoms with Crippen molar-refractivity contribution in [3.63, 3.8) is 0 Å². The van der Waals surface area contributed by atoms with Gasteiger partial charge in [0.05, 0.1) is 5.75 Å². The molecule has 3 N–H and O–H groups in total. The maximum Gasteiger partial charge on any atom is 0.230 e. The van der Waals surface area contributed by atoms with Crippen LogP contribution in [0.2, 0.25) is 0 Å². The minimum atomic E-state index is 0.121. The van der Waals surface area contributed by atoms with Crippen LogP contribution < -0.4 is 11.1 Å². The first kappa shape index (κ1) is 13.9. The Morgan fingerprint density at radius 1 is 1.56 bits per heavy atom. The van der Waals surface area contributed by atoms with Gasteiger partial charge in [-0.05, 0) is 30.5 Å². The van der Waals surface area contributed by atoms with E-state index in [0.29, 0.717) is 18.3 Å². The number of carbonyl (C=O) groups is 1. The molecule has 1 saturated carbocycles. The number of carbonyl (C=O) groups excluding carboxylic acids is 1. The zero-order valence-electron chi connectivity index (χ0n) is 10.1. The second-order valence-corrected chi connectivity index (χ2v) is 6.54. The summed E-state index contributed by atoms with van der Waals surface area (Å²) in [4.78, 5) is 11.6. The summed E-state index contributed by atoms with van der Waals surface area (Å²) in [6.07, 6.45) is 2.25. The number of halogens is 1. The molecule has 0 heterocycles. The molecular formula is C13H17BrN2OS. The lowest BCUT2D eigenvalue weighted by atomic mass is 10.1. The molecule has 1 fully saturated rings. The number of nitrogens with one attached hydrogen (secondary N) is 1. The minimum absolute atomic E-state index is 0.121. The van der Waals surface area contributed by atoms with Crippen LogP contribution in [-0.2, 0) is 4.79 Å². The van der Waals surface area contributed by atoms with Gasteiger partial charge in [-0.3, -0.25) is 4.79 Å². The summed E-state index contributed by atoms with van der Waals surface area (Å²) in [5, 5.41) is 3.16. The van der Waals surface area contributed by atoms with Gasteiger partial charge in [-0.15, -0.1) is 11.8 Å². The fourth-order valence-corrected chi connectivity index (χ4v) is 3.01. The molecule has 1 unspecified atom stereocenters. The maximum absolute atomic E-state index is 11.6. The van der Waals surface area contributed by atoms with E-state index in [-0.39, 0.29) is 11.2 Å². The zero-order valence-corrected chi connectivity index (χ0v) is 12.5. The number of hydrogen-bond acceptors (Lipinski definition) is 3. The second-order valence-electron chi connectivity index (χ2n) is 4.43. The first-order valence-corrected chi connectivity index (χ1v) is 7.89. The van der Waals surface area contributed by atoms with E-state index in [2.05, 4.69) is 27.3 Å². The van der Waals surface area contributed by atoms with Crippen LogP contribution in [0, 0.1) is 0 Å². The highest BCUT2D eigenvalue weighted by Crippen LogP contribution is 2.29. The van der Waals surface area contributed by atoms with Crippen LogP contribution in [0.15, 0.2) is 28.7 Å². The first-order chi connectivity index (χ1) is 8.69. The first-order valence-electron chi connectivity index (χ1n) is 6.05. The molecule has 1 aliphatic rings. The van der Waals surface area contributed by atoms with Gasteiger partial charge in [0.15, 0.2) is 0 Å². The predicted octanol–water partition coefficient (Wildman–Crippen LogP) is 2.46. The summed E-state index contributed by atoms with van der Waals surface area (Å²) in [6, 6.07) is 8.52. The van der Waals surface area contributed by atoms with Crippen molar-refractivity contribution in [2.45, 2.75) is 24.1 Å². The number of rotatable bonds is 6. The molecule has 1 atom stereocenters. The van der Waals surface area contributed by atoms with Crippen LogP contribution in [0.1, 0.15) is 23.7 Å². The summed E-state index contributed by atoms with van der Waals surface area (Å²) in [5.41, 5.74) is 6.95. The number of hydrogen-bond donors (Lipinski definition) is 2. The molecule has 0 aromatic heterocycles. The third-order valence-corrected chi connectivity index (χ3v) is 4.58. The molecule has 0 spiro atoms. The smallest absolute Gasteiger partial charge is 0.230 e. The lowest BCUT2D eigenvalue weighted by molar-refractivity contribution is -0.118. The highest BCUT2D eigenvalue weighted by Gasteiger charge is 2.23. The lowest BCUT2D eigenvalue weighted by Crippen LogP contribution is -2.27. The molecule has 0 bridgehead atoms. The highest BCUT2D eigenvalue weighted by molar-refractivity contribution is 9.10. The SMILES string of the molecule is NCC(SCC(=O)NC1CC1)c1cccc(Br)c1. The van der Waals surface area contributed by atoms with E-state index in [4.69, 9.17) is 5.73 Å². The van der Waals surface area contributed by atoms with Crippen molar-refractivity contribution >= 4 is 33.6 Å². The van der Waals surface area contributed by atoms with Crippen molar-refractivity contribution in [1.82, 2.24) is 5.32 Å². The van der Waals surface area contributed by atoms with Crippen LogP contribution in [0.3, 0.4) is 0 Å². The normalized spacial score (nSPS) is 16.3. The van der Waals surface area contributed by atoms with Gasteiger partial charge in [0.1, 0.15) is 0 Å². The van der Waals surface area contributed by atoms with E-state index in [1.165, 1.54) is 0 Å². The minimum Gasteiger partial charge on any atom is -0.353 e. The monoisotopic (exact) mass is 328 g/mol. The van der Waals surface area contributed by atoms with Gasteiger partial charge in [-0.1, -0.05) is 28.1 Å². The summed E-state index contributed by atoms with van der Waals surface area (Å²) < 4.78 is 1.04. The molecule has 98 valence electrons. The van der Waals surface area contributed by atoms with Gasteiger partial charge in [-0.25, -0.2) is 0 Å². The van der Waals surface area contributed by atoms with Gasteiger partial charge in [0, 0.05) is 22.3 Å². The van der Waals surface area contributed by atoms with Crippen LogP contribution >= 0.6 is 27.7 Å². The van der Waals surface area contributed by atoms with Crippen molar-refractivity contribution in [3.05, 3.63) is 34.3 Å². The van der Waals surface area contributed by atoms with Crippen molar-refractivity contribution in [1.29, 1.82) is 0 Å². The summed E-state index contributed by atoms with van der Waals surface area (Å²) in [7, 11) is 0. The van der Waals surface area contributed by atoms with Crippen LogP contribution in [0.25, 0.3) is 0 Å². The number of thioether (sulfide) groups is 1. The van der Waals surface area contributed by atoms with Gasteiger partial charge < -0.3 is 11.1 Å². The molecule has 1 aromatic rings. The van der Waals surface area contributed by atoms with Gasteiger partial charge in [0.2, 0.25) is 5.91 Å². The van der Waals surface area contributed by atoms with E-state index >= 15 is 0 Å². The summed E-state index contributed by atoms with van der Waals surface area (Å²) in [6.45, 7) is 0.540. The van der Waals surface area contributed by atoms with Gasteiger partial charge >= 0.3 is 0 Å². The molecule has 3 nitrogen and oxygen atoms in total. The quantitative estimate of drug-likeness (QED) is 0.843. The fraction of sp³-hybridized carbons (Fsp3) is 0.462. The standard InChI is InChI=1S/C13H17BrN2OS/c14-10-3-1-2-9(6-10)12(7-15)18-8-13(17)16-11-4-5-11/h1-3,6,11-12H,4-5,7-8,15H2,(H,16,17). The van der Waals surface area contributed by atoms with E-state index in [9.17, 15) is 4.79 Å². The van der Waals surface area contributed by atoms with E-state index in [1.807, 2.05) is 18.2 Å². The average molecular weight is 329 g/mol. The molecule has 18 heavy (non-hydrogen) atoms. The molecule has 1 amide bonds. The van der Waals surface area contributed by atoms with Crippen molar-refractivity contribution < 1.29 is 4.79 Å². The lowest BCUT2D eigenvalue weighted by Gasteiger charge is -2.15. The molecular weight excluding hydrogens is 312 g/mol. The Hall–Kier alpha value is -0.520. The topological polar surface area (TPSA) is 55.1 Å². The van der Waals surface area contributed by atoms with Crippen LogP contribution in [0.5, 0.6) is 0 Å². The molecule has 0 radical (unpaired) electrons. The van der Waals surface area contributed by atoms with E-state index in [1.54, 1.807) is 11.8 Å². The number of benzene rings is 1. The van der Waals surface area contributed by atoms with Gasteiger partial charge in [-0.2, -0.15) is 0 Å². The molecule has 0 saturated heterocycles. The van der Waals surface area contributed by atoms with Crippen LogP contribution in [0.4, 0.5) is 0 Å². The Kier molecular flexibility index (Phi) is 5.09. The molecule has 0 aliphatic heterocycles. The van der Waals surface area contributed by atoms with Crippen molar-refractivity contribution in [2.75, 3.05) is 12.3 Å². The third-order valence-electron chi connectivity index (χ3n) is 2.79. The highest BCUT2D eigenvalue weighted by atomic mass is 79.9. The number of nitrogens with two attached hydrogens (primary N) is 1.